The highest BCUT2D eigenvalue weighted by Crippen LogP contribution is 2.23. The van der Waals surface area contributed by atoms with E-state index in [-0.39, 0.29) is 11.9 Å². The summed E-state index contributed by atoms with van der Waals surface area (Å²) in [4.78, 5) is 22.9. The average molecular weight is 357 g/mol. The van der Waals surface area contributed by atoms with Gasteiger partial charge in [-0.05, 0) is 19.1 Å². The summed E-state index contributed by atoms with van der Waals surface area (Å²) in [5, 5.41) is 17.0. The van der Waals surface area contributed by atoms with Gasteiger partial charge in [-0.2, -0.15) is 10.4 Å². The first-order valence-corrected chi connectivity index (χ1v) is 9.18. The van der Waals surface area contributed by atoms with Gasteiger partial charge >= 0.3 is 0 Å². The summed E-state index contributed by atoms with van der Waals surface area (Å²) in [7, 11) is 1.78. The number of rotatable bonds is 4. The summed E-state index contributed by atoms with van der Waals surface area (Å²) in [6.07, 6.45) is 8.35. The monoisotopic (exact) mass is 357 g/mol. The van der Waals surface area contributed by atoms with E-state index in [4.69, 9.17) is 0 Å². The number of amides is 1. The van der Waals surface area contributed by atoms with Gasteiger partial charge in [0.15, 0.2) is 11.0 Å². The molecule has 0 aliphatic carbocycles. The lowest BCUT2D eigenvalue weighted by atomic mass is 10.0. The van der Waals surface area contributed by atoms with E-state index in [0.29, 0.717) is 22.1 Å². The third-order valence-electron chi connectivity index (χ3n) is 4.15. The molecule has 1 aliphatic heterocycles. The molecule has 1 N–H and O–H groups in total. The van der Waals surface area contributed by atoms with Crippen molar-refractivity contribution >= 4 is 23.5 Å². The normalized spacial score (nSPS) is 15.0. The Bertz CT molecular complexity index is 805. The van der Waals surface area contributed by atoms with E-state index in [1.807, 2.05) is 6.26 Å². The number of nitriles is 1. The van der Waals surface area contributed by atoms with Crippen molar-refractivity contribution < 1.29 is 4.79 Å². The van der Waals surface area contributed by atoms with Crippen LogP contribution in [0.3, 0.4) is 0 Å². The fourth-order valence-corrected chi connectivity index (χ4v) is 3.15. The van der Waals surface area contributed by atoms with Crippen LogP contribution in [0.25, 0.3) is 0 Å². The second-order valence-electron chi connectivity index (χ2n) is 5.84. The molecule has 0 atom stereocenters. The number of carbonyl (C=O) groups excluding carboxylic acids is 1. The van der Waals surface area contributed by atoms with Crippen LogP contribution in [0.15, 0.2) is 23.7 Å². The maximum atomic E-state index is 12.2. The molecule has 3 heterocycles. The highest BCUT2D eigenvalue weighted by Gasteiger charge is 2.24. The number of nitrogens with zero attached hydrogens (tertiary/aromatic N) is 6. The predicted molar refractivity (Wildman–Crippen MR) is 94.4 cm³/mol. The van der Waals surface area contributed by atoms with Crippen LogP contribution in [-0.4, -0.2) is 51.0 Å². The highest BCUT2D eigenvalue weighted by atomic mass is 32.2. The first kappa shape index (κ1) is 17.2. The quantitative estimate of drug-likeness (QED) is 0.648. The van der Waals surface area contributed by atoms with Crippen LogP contribution in [0, 0.1) is 11.3 Å². The van der Waals surface area contributed by atoms with Crippen molar-refractivity contribution in [1.82, 2.24) is 25.1 Å². The van der Waals surface area contributed by atoms with Crippen molar-refractivity contribution in [3.05, 3.63) is 29.7 Å². The minimum Gasteiger partial charge on any atom is -0.355 e. The molecule has 0 saturated carbocycles. The fourth-order valence-electron chi connectivity index (χ4n) is 2.82. The lowest BCUT2D eigenvalue weighted by Crippen LogP contribution is -2.45. The van der Waals surface area contributed by atoms with Crippen LogP contribution in [-0.2, 0) is 7.05 Å². The number of aryl methyl sites for hydroxylation is 1. The van der Waals surface area contributed by atoms with Crippen LogP contribution in [0.1, 0.15) is 28.8 Å². The Morgan fingerprint density at radius 2 is 2.16 bits per heavy atom. The van der Waals surface area contributed by atoms with Gasteiger partial charge in [0, 0.05) is 32.4 Å². The number of anilines is 1. The summed E-state index contributed by atoms with van der Waals surface area (Å²) in [5.41, 5.74) is 1.05. The van der Waals surface area contributed by atoms with Gasteiger partial charge in [0.1, 0.15) is 11.6 Å². The number of aromatic nitrogens is 4. The van der Waals surface area contributed by atoms with Crippen molar-refractivity contribution in [2.75, 3.05) is 24.2 Å². The minimum absolute atomic E-state index is 0.101. The Labute approximate surface area is 150 Å². The van der Waals surface area contributed by atoms with E-state index >= 15 is 0 Å². The van der Waals surface area contributed by atoms with Gasteiger partial charge in [-0.3, -0.25) is 9.48 Å². The smallest absolute Gasteiger partial charge is 0.254 e. The Balaban J connectivity index is 1.62. The van der Waals surface area contributed by atoms with Gasteiger partial charge in [0.2, 0.25) is 0 Å². The first-order chi connectivity index (χ1) is 12.1. The topological polar surface area (TPSA) is 99.7 Å². The van der Waals surface area contributed by atoms with Crippen molar-refractivity contribution in [2.45, 2.75) is 24.0 Å². The van der Waals surface area contributed by atoms with Gasteiger partial charge in [-0.25, -0.2) is 9.97 Å². The van der Waals surface area contributed by atoms with Gasteiger partial charge in [0.05, 0.1) is 18.0 Å². The average Bonchev–Trinajstić information content (AvgIpc) is 3.08. The van der Waals surface area contributed by atoms with Crippen LogP contribution < -0.4 is 10.2 Å². The molecule has 8 nitrogen and oxygen atoms in total. The maximum Gasteiger partial charge on any atom is 0.254 e. The van der Waals surface area contributed by atoms with Gasteiger partial charge in [-0.15, -0.1) is 0 Å². The molecule has 1 saturated heterocycles. The number of piperidine rings is 1. The highest BCUT2D eigenvalue weighted by molar-refractivity contribution is 7.98. The second-order valence-corrected chi connectivity index (χ2v) is 6.62. The minimum atomic E-state index is -0.101. The van der Waals surface area contributed by atoms with E-state index < -0.39 is 0 Å². The Morgan fingerprint density at radius 3 is 2.76 bits per heavy atom. The summed E-state index contributed by atoms with van der Waals surface area (Å²) in [6, 6.07) is 2.26. The lowest BCUT2D eigenvalue weighted by molar-refractivity contribution is 0.0931. The Morgan fingerprint density at radius 1 is 1.40 bits per heavy atom. The fraction of sp³-hybridized carbons (Fsp3) is 0.438. The Hall–Kier alpha value is -2.60. The third kappa shape index (κ3) is 3.91. The molecule has 130 valence electrons. The van der Waals surface area contributed by atoms with E-state index in [1.54, 1.807) is 30.3 Å². The number of thioether (sulfide) groups is 1. The van der Waals surface area contributed by atoms with Gasteiger partial charge in [-0.1, -0.05) is 11.8 Å². The standard InChI is InChI=1S/C16H19N7OS/c1-22-10-12(9-19-22)15(24)20-13-3-5-23(6-4-13)14-11(7-17)8-18-16(21-14)25-2/h8-10,13H,3-6H2,1-2H3,(H,20,24). The zero-order valence-electron chi connectivity index (χ0n) is 14.1. The number of hydrogen-bond donors (Lipinski definition) is 1. The predicted octanol–water partition coefficient (Wildman–Crippen LogP) is 1.20. The zero-order chi connectivity index (χ0) is 17.8. The molecule has 0 bridgehead atoms. The number of carbonyl (C=O) groups is 1. The third-order valence-corrected chi connectivity index (χ3v) is 4.71. The van der Waals surface area contributed by atoms with Crippen molar-refractivity contribution in [3.63, 3.8) is 0 Å². The Kier molecular flexibility index (Phi) is 5.19. The van der Waals surface area contributed by atoms with Crippen molar-refractivity contribution in [3.8, 4) is 6.07 Å². The van der Waals surface area contributed by atoms with E-state index in [9.17, 15) is 10.1 Å². The zero-order valence-corrected chi connectivity index (χ0v) is 15.0. The molecule has 2 aromatic rings. The molecule has 0 aromatic carbocycles. The molecule has 0 radical (unpaired) electrons. The summed E-state index contributed by atoms with van der Waals surface area (Å²) in [5.74, 6) is 0.579. The second kappa shape index (κ2) is 7.53. The molecule has 25 heavy (non-hydrogen) atoms. The number of nitrogens with one attached hydrogen (secondary N) is 1. The van der Waals surface area contributed by atoms with Crippen molar-refractivity contribution in [2.24, 2.45) is 7.05 Å². The van der Waals surface area contributed by atoms with Crippen molar-refractivity contribution in [1.29, 1.82) is 5.26 Å². The van der Waals surface area contributed by atoms with Crippen LogP contribution in [0.4, 0.5) is 5.82 Å². The van der Waals surface area contributed by atoms with Crippen LogP contribution in [0.2, 0.25) is 0 Å². The summed E-state index contributed by atoms with van der Waals surface area (Å²) < 4.78 is 1.61. The maximum absolute atomic E-state index is 12.2. The molecule has 2 aromatic heterocycles. The molecule has 3 rings (SSSR count). The first-order valence-electron chi connectivity index (χ1n) is 7.96. The molecular formula is C16H19N7OS. The number of hydrogen-bond acceptors (Lipinski definition) is 7. The lowest BCUT2D eigenvalue weighted by Gasteiger charge is -2.33. The molecular weight excluding hydrogens is 338 g/mol. The SMILES string of the molecule is CSc1ncc(C#N)c(N2CCC(NC(=O)c3cnn(C)c3)CC2)n1. The van der Waals surface area contributed by atoms with E-state index in [1.165, 1.54) is 11.8 Å². The molecule has 9 heteroatoms. The molecule has 0 spiro atoms. The van der Waals surface area contributed by atoms with Gasteiger partial charge in [0.25, 0.3) is 5.91 Å². The van der Waals surface area contributed by atoms with Crippen LogP contribution in [0.5, 0.6) is 0 Å². The molecule has 0 unspecified atom stereocenters. The molecule has 1 fully saturated rings. The molecule has 1 amide bonds. The van der Waals surface area contributed by atoms with Gasteiger partial charge < -0.3 is 10.2 Å². The van der Waals surface area contributed by atoms with E-state index in [0.717, 1.165) is 25.9 Å². The molecule has 1 aliphatic rings. The largest absolute Gasteiger partial charge is 0.355 e. The summed E-state index contributed by atoms with van der Waals surface area (Å²) >= 11 is 1.45. The van der Waals surface area contributed by atoms with E-state index in [2.05, 4.69) is 31.4 Å². The van der Waals surface area contributed by atoms with Crippen LogP contribution >= 0.6 is 11.8 Å². The summed E-state index contributed by atoms with van der Waals surface area (Å²) in [6.45, 7) is 1.47.